The lowest BCUT2D eigenvalue weighted by Gasteiger charge is -2.13. The molecule has 0 aliphatic rings. The second-order valence-corrected chi connectivity index (χ2v) is 5.33. The summed E-state index contributed by atoms with van der Waals surface area (Å²) < 4.78 is 26.8. The molecule has 0 spiro atoms. The maximum atomic E-state index is 13.2. The van der Waals surface area contributed by atoms with Crippen LogP contribution in [0.4, 0.5) is 8.78 Å². The van der Waals surface area contributed by atoms with E-state index in [1.807, 2.05) is 0 Å². The summed E-state index contributed by atoms with van der Waals surface area (Å²) in [5.41, 5.74) is 2.07. The highest BCUT2D eigenvalue weighted by atomic mass is 79.9. The molecule has 18 heavy (non-hydrogen) atoms. The van der Waals surface area contributed by atoms with E-state index in [1.165, 1.54) is 18.2 Å². The highest BCUT2D eigenvalue weighted by Gasteiger charge is 2.15. The molecule has 2 aromatic carbocycles. The van der Waals surface area contributed by atoms with Gasteiger partial charge < -0.3 is 0 Å². The summed E-state index contributed by atoms with van der Waals surface area (Å²) in [5, 5.41) is -0.445. The Labute approximate surface area is 118 Å². The number of hydrogen-bond acceptors (Lipinski definition) is 0. The van der Waals surface area contributed by atoms with Crippen molar-refractivity contribution in [3.8, 4) is 0 Å². The molecule has 94 valence electrons. The average molecular weight is 332 g/mol. The molecule has 2 rings (SSSR count). The molecule has 0 aliphatic carbocycles. The van der Waals surface area contributed by atoms with Gasteiger partial charge in [-0.3, -0.25) is 0 Å². The van der Waals surface area contributed by atoms with Crippen molar-refractivity contribution >= 4 is 27.5 Å². The zero-order chi connectivity index (χ0) is 13.3. The predicted octanol–water partition coefficient (Wildman–Crippen LogP) is 5.36. The zero-order valence-corrected chi connectivity index (χ0v) is 11.9. The van der Waals surface area contributed by atoms with Crippen LogP contribution in [0.3, 0.4) is 0 Å². The summed E-state index contributed by atoms with van der Waals surface area (Å²) in [5.74, 6) is -0.592. The smallest absolute Gasteiger partial charge is 0.126 e. The van der Waals surface area contributed by atoms with E-state index in [1.54, 1.807) is 25.1 Å². The summed E-state index contributed by atoms with van der Waals surface area (Å²) in [7, 11) is 0. The minimum atomic E-state index is -0.445. The topological polar surface area (TPSA) is 0 Å². The predicted molar refractivity (Wildman–Crippen MR) is 72.9 cm³/mol. The number of benzene rings is 2. The Kier molecular flexibility index (Phi) is 4.03. The van der Waals surface area contributed by atoms with Gasteiger partial charge in [0.15, 0.2) is 0 Å². The Morgan fingerprint density at radius 2 is 1.83 bits per heavy atom. The van der Waals surface area contributed by atoms with Gasteiger partial charge in [-0.1, -0.05) is 34.1 Å². The fraction of sp³-hybridized carbons (Fsp3) is 0.143. The first-order valence-corrected chi connectivity index (χ1v) is 6.57. The van der Waals surface area contributed by atoms with Gasteiger partial charge in [0, 0.05) is 4.47 Å². The average Bonchev–Trinajstić information content (AvgIpc) is 2.32. The second-order valence-electron chi connectivity index (χ2n) is 4.04. The Morgan fingerprint density at radius 1 is 1.11 bits per heavy atom. The van der Waals surface area contributed by atoms with E-state index in [-0.39, 0.29) is 11.6 Å². The largest absolute Gasteiger partial charge is 0.207 e. The van der Waals surface area contributed by atoms with Gasteiger partial charge in [0.25, 0.3) is 0 Å². The molecular formula is C14H10BrClF2. The van der Waals surface area contributed by atoms with Gasteiger partial charge in [0.1, 0.15) is 11.6 Å². The Balaban J connectivity index is 2.41. The quantitative estimate of drug-likeness (QED) is 0.650. The number of halogens is 4. The first-order valence-electron chi connectivity index (χ1n) is 5.34. The van der Waals surface area contributed by atoms with E-state index >= 15 is 0 Å². The van der Waals surface area contributed by atoms with Gasteiger partial charge in [-0.15, -0.1) is 11.6 Å². The van der Waals surface area contributed by atoms with Crippen LogP contribution in [0.1, 0.15) is 22.1 Å². The van der Waals surface area contributed by atoms with Gasteiger partial charge in [-0.05, 0) is 41.8 Å². The third kappa shape index (κ3) is 2.73. The summed E-state index contributed by atoms with van der Waals surface area (Å²) in [6.45, 7) is 1.68. The number of alkyl halides is 1. The van der Waals surface area contributed by atoms with Crippen molar-refractivity contribution < 1.29 is 8.78 Å². The van der Waals surface area contributed by atoms with Crippen molar-refractivity contribution in [3.63, 3.8) is 0 Å². The van der Waals surface area contributed by atoms with Crippen molar-refractivity contribution in [2.24, 2.45) is 0 Å². The number of rotatable bonds is 2. The van der Waals surface area contributed by atoms with Crippen LogP contribution in [0, 0.1) is 18.6 Å². The Morgan fingerprint density at radius 3 is 2.44 bits per heavy atom. The summed E-state index contributed by atoms with van der Waals surface area (Å²) in [6.07, 6.45) is 0. The molecule has 0 bridgehead atoms. The van der Waals surface area contributed by atoms with Gasteiger partial charge in [0.05, 0.1) is 5.38 Å². The highest BCUT2D eigenvalue weighted by Crippen LogP contribution is 2.34. The summed E-state index contributed by atoms with van der Waals surface area (Å²) in [6, 6.07) is 9.05. The monoisotopic (exact) mass is 330 g/mol. The van der Waals surface area contributed by atoms with E-state index < -0.39 is 5.38 Å². The molecule has 0 saturated carbocycles. The van der Waals surface area contributed by atoms with Gasteiger partial charge in [-0.25, -0.2) is 8.78 Å². The molecule has 4 heteroatoms. The highest BCUT2D eigenvalue weighted by molar-refractivity contribution is 9.10. The number of aryl methyl sites for hydroxylation is 1. The third-order valence-electron chi connectivity index (χ3n) is 2.71. The van der Waals surface area contributed by atoms with Gasteiger partial charge in [-0.2, -0.15) is 0 Å². The van der Waals surface area contributed by atoms with Crippen molar-refractivity contribution in [1.29, 1.82) is 0 Å². The fourth-order valence-corrected chi connectivity index (χ4v) is 2.75. The van der Waals surface area contributed by atoms with Crippen LogP contribution in [0.2, 0.25) is 0 Å². The molecule has 1 atom stereocenters. The zero-order valence-electron chi connectivity index (χ0n) is 9.55. The first kappa shape index (κ1) is 13.5. The molecule has 0 fully saturated rings. The van der Waals surface area contributed by atoms with Crippen LogP contribution in [0.15, 0.2) is 40.9 Å². The minimum absolute atomic E-state index is 0.263. The molecule has 0 amide bonds. The normalized spacial score (nSPS) is 12.5. The minimum Gasteiger partial charge on any atom is -0.207 e. The van der Waals surface area contributed by atoms with Crippen LogP contribution >= 0.6 is 27.5 Å². The summed E-state index contributed by atoms with van der Waals surface area (Å²) in [4.78, 5) is 0. The fourth-order valence-electron chi connectivity index (χ4n) is 1.71. The van der Waals surface area contributed by atoms with Crippen molar-refractivity contribution in [2.75, 3.05) is 0 Å². The van der Waals surface area contributed by atoms with Gasteiger partial charge in [0.2, 0.25) is 0 Å². The first-order chi connectivity index (χ1) is 8.49. The molecule has 2 aromatic rings. The van der Waals surface area contributed by atoms with E-state index in [4.69, 9.17) is 11.6 Å². The SMILES string of the molecule is Cc1cc(C(Cl)c2ccc(F)cc2Br)ccc1F. The molecule has 0 heterocycles. The molecule has 0 N–H and O–H groups in total. The van der Waals surface area contributed by atoms with Crippen molar-refractivity contribution in [3.05, 3.63) is 69.2 Å². The molecule has 0 aliphatic heterocycles. The van der Waals surface area contributed by atoms with Crippen LogP contribution in [0.5, 0.6) is 0 Å². The van der Waals surface area contributed by atoms with E-state index in [9.17, 15) is 8.78 Å². The Bertz CT molecular complexity index is 584. The standard InChI is InChI=1S/C14H10BrClF2/c1-8-6-9(2-5-13(8)18)14(16)11-4-3-10(17)7-12(11)15/h2-7,14H,1H3. The summed E-state index contributed by atoms with van der Waals surface area (Å²) >= 11 is 9.62. The van der Waals surface area contributed by atoms with E-state index in [0.717, 1.165) is 11.1 Å². The van der Waals surface area contributed by atoms with E-state index in [0.29, 0.717) is 10.0 Å². The van der Waals surface area contributed by atoms with Crippen LogP contribution < -0.4 is 0 Å². The van der Waals surface area contributed by atoms with Crippen molar-refractivity contribution in [2.45, 2.75) is 12.3 Å². The molecule has 0 radical (unpaired) electrons. The maximum Gasteiger partial charge on any atom is 0.126 e. The van der Waals surface area contributed by atoms with Crippen molar-refractivity contribution in [1.82, 2.24) is 0 Å². The second kappa shape index (κ2) is 5.37. The molecule has 0 nitrogen and oxygen atoms in total. The van der Waals surface area contributed by atoms with Crippen LogP contribution in [-0.2, 0) is 0 Å². The van der Waals surface area contributed by atoms with Crippen LogP contribution in [0.25, 0.3) is 0 Å². The number of hydrogen-bond donors (Lipinski definition) is 0. The lowest BCUT2D eigenvalue weighted by molar-refractivity contribution is 0.617. The lowest BCUT2D eigenvalue weighted by atomic mass is 10.0. The molecule has 0 saturated heterocycles. The lowest BCUT2D eigenvalue weighted by Crippen LogP contribution is -1.97. The van der Waals surface area contributed by atoms with E-state index in [2.05, 4.69) is 15.9 Å². The molecule has 0 aromatic heterocycles. The third-order valence-corrected chi connectivity index (χ3v) is 3.88. The van der Waals surface area contributed by atoms with Gasteiger partial charge >= 0.3 is 0 Å². The molecular weight excluding hydrogens is 322 g/mol. The van der Waals surface area contributed by atoms with Crippen LogP contribution in [-0.4, -0.2) is 0 Å². The Hall–Kier alpha value is -0.930. The molecule has 1 unspecified atom stereocenters. The maximum absolute atomic E-state index is 13.2.